The van der Waals surface area contributed by atoms with Gasteiger partial charge in [0.2, 0.25) is 5.95 Å². The monoisotopic (exact) mass is 288 g/mol. The van der Waals surface area contributed by atoms with Gasteiger partial charge in [-0.2, -0.15) is 0 Å². The summed E-state index contributed by atoms with van der Waals surface area (Å²) in [5, 5.41) is 11.2. The van der Waals surface area contributed by atoms with Gasteiger partial charge in [-0.1, -0.05) is 0 Å². The van der Waals surface area contributed by atoms with E-state index >= 15 is 0 Å². The molecule has 1 aromatic heterocycles. The summed E-state index contributed by atoms with van der Waals surface area (Å²) in [7, 11) is 0. The van der Waals surface area contributed by atoms with Crippen LogP contribution in [-0.2, 0) is 0 Å². The molecule has 0 saturated heterocycles. The average molecular weight is 288 g/mol. The Balaban J connectivity index is 2.18. The van der Waals surface area contributed by atoms with Crippen LogP contribution in [0.15, 0.2) is 18.2 Å². The van der Waals surface area contributed by atoms with Gasteiger partial charge < -0.3 is 15.2 Å². The molecule has 1 aliphatic rings. The predicted molar refractivity (Wildman–Crippen MR) is 74.3 cm³/mol. The highest BCUT2D eigenvalue weighted by atomic mass is 16.6. The van der Waals surface area contributed by atoms with Gasteiger partial charge >= 0.3 is 5.69 Å². The molecule has 1 aromatic carbocycles. The third-order valence-electron chi connectivity index (χ3n) is 3.07. The molecule has 0 atom stereocenters. The van der Waals surface area contributed by atoms with E-state index < -0.39 is 4.92 Å². The smallest absolute Gasteiger partial charge is 0.316 e. The molecule has 0 spiro atoms. The Labute approximate surface area is 119 Å². The topological polar surface area (TPSA) is 113 Å². The highest BCUT2D eigenvalue weighted by Crippen LogP contribution is 2.37. The van der Waals surface area contributed by atoms with Crippen molar-refractivity contribution in [3.05, 3.63) is 34.0 Å². The standard InChI is InChI=1S/C13H12N4O4/c1-7-12(17(18)19)11(16-13(14)15-7)8-2-3-9-10(6-8)21-5-4-20-9/h2-3,6H,4-5H2,1H3,(H2,14,15,16). The number of aryl methyl sites for hydroxylation is 1. The number of nitrogens with zero attached hydrogens (tertiary/aromatic N) is 3. The van der Waals surface area contributed by atoms with Gasteiger partial charge in [-0.15, -0.1) is 0 Å². The highest BCUT2D eigenvalue weighted by Gasteiger charge is 2.24. The number of hydrogen-bond acceptors (Lipinski definition) is 7. The minimum absolute atomic E-state index is 0.0111. The van der Waals surface area contributed by atoms with Crippen LogP contribution < -0.4 is 15.2 Å². The molecule has 8 heteroatoms. The third kappa shape index (κ3) is 2.31. The molecule has 21 heavy (non-hydrogen) atoms. The van der Waals surface area contributed by atoms with Crippen LogP contribution in [0.5, 0.6) is 11.5 Å². The lowest BCUT2D eigenvalue weighted by Crippen LogP contribution is -2.15. The first-order valence-corrected chi connectivity index (χ1v) is 6.25. The number of benzene rings is 1. The Bertz CT molecular complexity index is 732. The molecule has 0 aliphatic carbocycles. The molecule has 2 heterocycles. The Morgan fingerprint density at radius 2 is 1.95 bits per heavy atom. The number of nitrogens with two attached hydrogens (primary N) is 1. The maximum Gasteiger partial charge on any atom is 0.316 e. The van der Waals surface area contributed by atoms with Crippen LogP contribution in [0.1, 0.15) is 5.69 Å². The number of nitro groups is 1. The minimum atomic E-state index is -0.513. The van der Waals surface area contributed by atoms with Gasteiger partial charge in [0.1, 0.15) is 18.9 Å². The van der Waals surface area contributed by atoms with E-state index in [1.54, 1.807) is 18.2 Å². The van der Waals surface area contributed by atoms with E-state index in [1.165, 1.54) is 6.92 Å². The summed E-state index contributed by atoms with van der Waals surface area (Å²) in [5.74, 6) is 1.12. The summed E-state index contributed by atoms with van der Waals surface area (Å²) >= 11 is 0. The summed E-state index contributed by atoms with van der Waals surface area (Å²) in [6.07, 6.45) is 0. The Kier molecular flexibility index (Phi) is 3.05. The predicted octanol–water partition coefficient (Wildman–Crippen LogP) is 1.71. The number of aromatic nitrogens is 2. The van der Waals surface area contributed by atoms with E-state index in [0.29, 0.717) is 30.3 Å². The molecule has 1 aliphatic heterocycles. The second kappa shape index (κ2) is 4.89. The largest absolute Gasteiger partial charge is 0.486 e. The van der Waals surface area contributed by atoms with Crippen molar-refractivity contribution in [2.45, 2.75) is 6.92 Å². The zero-order chi connectivity index (χ0) is 15.0. The fourth-order valence-electron chi connectivity index (χ4n) is 2.20. The molecule has 0 bridgehead atoms. The Morgan fingerprint density at radius 3 is 2.67 bits per heavy atom. The van der Waals surface area contributed by atoms with Gasteiger partial charge in [0, 0.05) is 5.56 Å². The van der Waals surface area contributed by atoms with E-state index in [0.717, 1.165) is 0 Å². The maximum atomic E-state index is 11.2. The lowest BCUT2D eigenvalue weighted by molar-refractivity contribution is -0.385. The molecule has 0 amide bonds. The number of ether oxygens (including phenoxy) is 2. The number of fused-ring (bicyclic) bond motifs is 1. The van der Waals surface area contributed by atoms with E-state index in [-0.39, 0.29) is 23.0 Å². The summed E-state index contributed by atoms with van der Waals surface area (Å²) in [5.41, 5.74) is 6.36. The van der Waals surface area contributed by atoms with Gasteiger partial charge in [-0.25, -0.2) is 9.97 Å². The first-order valence-electron chi connectivity index (χ1n) is 6.25. The number of anilines is 1. The van der Waals surface area contributed by atoms with Gasteiger partial charge in [-0.05, 0) is 25.1 Å². The van der Waals surface area contributed by atoms with Crippen LogP contribution in [0, 0.1) is 17.0 Å². The van der Waals surface area contributed by atoms with Crippen LogP contribution in [-0.4, -0.2) is 28.1 Å². The summed E-state index contributed by atoms with van der Waals surface area (Å²) in [6, 6.07) is 5.03. The maximum absolute atomic E-state index is 11.2. The zero-order valence-electron chi connectivity index (χ0n) is 11.2. The number of rotatable bonds is 2. The molecule has 0 saturated carbocycles. The molecule has 8 nitrogen and oxygen atoms in total. The van der Waals surface area contributed by atoms with Crippen LogP contribution in [0.3, 0.4) is 0 Å². The van der Waals surface area contributed by atoms with E-state index in [1.807, 2.05) is 0 Å². The quantitative estimate of drug-likeness (QED) is 0.661. The third-order valence-corrected chi connectivity index (χ3v) is 3.07. The van der Waals surface area contributed by atoms with Crippen molar-refractivity contribution >= 4 is 11.6 Å². The SMILES string of the molecule is Cc1nc(N)nc(-c2ccc3c(c2)OCCO3)c1[N+](=O)[O-]. The summed E-state index contributed by atoms with van der Waals surface area (Å²) in [6.45, 7) is 2.44. The molecule has 108 valence electrons. The van der Waals surface area contributed by atoms with Crippen molar-refractivity contribution in [1.29, 1.82) is 0 Å². The average Bonchev–Trinajstić information content (AvgIpc) is 2.45. The fourth-order valence-corrected chi connectivity index (χ4v) is 2.20. The number of nitrogen functional groups attached to an aromatic ring is 1. The molecule has 0 unspecified atom stereocenters. The van der Waals surface area contributed by atoms with E-state index in [2.05, 4.69) is 9.97 Å². The Morgan fingerprint density at radius 1 is 1.24 bits per heavy atom. The first kappa shape index (κ1) is 13.1. The van der Waals surface area contributed by atoms with Crippen molar-refractivity contribution in [3.8, 4) is 22.8 Å². The van der Waals surface area contributed by atoms with Crippen LogP contribution in [0.2, 0.25) is 0 Å². The van der Waals surface area contributed by atoms with Crippen molar-refractivity contribution < 1.29 is 14.4 Å². The summed E-state index contributed by atoms with van der Waals surface area (Å²) < 4.78 is 10.9. The fraction of sp³-hybridized carbons (Fsp3) is 0.231. The van der Waals surface area contributed by atoms with Crippen molar-refractivity contribution in [3.63, 3.8) is 0 Å². The van der Waals surface area contributed by atoms with Gasteiger partial charge in [0.15, 0.2) is 17.2 Å². The van der Waals surface area contributed by atoms with Crippen LogP contribution >= 0.6 is 0 Å². The van der Waals surface area contributed by atoms with Gasteiger partial charge in [0.05, 0.1) is 4.92 Å². The lowest BCUT2D eigenvalue weighted by atomic mass is 10.1. The first-order chi connectivity index (χ1) is 10.1. The highest BCUT2D eigenvalue weighted by molar-refractivity contribution is 5.74. The van der Waals surface area contributed by atoms with Gasteiger partial charge in [-0.3, -0.25) is 10.1 Å². The van der Waals surface area contributed by atoms with Crippen molar-refractivity contribution in [2.24, 2.45) is 0 Å². The lowest BCUT2D eigenvalue weighted by Gasteiger charge is -2.18. The van der Waals surface area contributed by atoms with Gasteiger partial charge in [0.25, 0.3) is 0 Å². The van der Waals surface area contributed by atoms with Crippen molar-refractivity contribution in [1.82, 2.24) is 9.97 Å². The van der Waals surface area contributed by atoms with Crippen molar-refractivity contribution in [2.75, 3.05) is 18.9 Å². The Hall–Kier alpha value is -2.90. The second-order valence-corrected chi connectivity index (χ2v) is 4.48. The minimum Gasteiger partial charge on any atom is -0.486 e. The van der Waals surface area contributed by atoms with Crippen LogP contribution in [0.25, 0.3) is 11.3 Å². The molecule has 2 aromatic rings. The molecule has 0 fully saturated rings. The summed E-state index contributed by atoms with van der Waals surface area (Å²) in [4.78, 5) is 18.6. The second-order valence-electron chi connectivity index (χ2n) is 4.48. The number of hydrogen-bond donors (Lipinski definition) is 1. The molecular formula is C13H12N4O4. The van der Waals surface area contributed by atoms with Crippen LogP contribution in [0.4, 0.5) is 11.6 Å². The van der Waals surface area contributed by atoms with E-state index in [4.69, 9.17) is 15.2 Å². The normalized spacial score (nSPS) is 13.0. The zero-order valence-corrected chi connectivity index (χ0v) is 11.2. The molecule has 2 N–H and O–H groups in total. The molecule has 0 radical (unpaired) electrons. The van der Waals surface area contributed by atoms with E-state index in [9.17, 15) is 10.1 Å². The molecule has 3 rings (SSSR count). The molecular weight excluding hydrogens is 276 g/mol.